The van der Waals surface area contributed by atoms with Gasteiger partial charge in [-0.2, -0.15) is 0 Å². The van der Waals surface area contributed by atoms with E-state index in [0.717, 1.165) is 37.7 Å². The summed E-state index contributed by atoms with van der Waals surface area (Å²) in [5.41, 5.74) is 2.48. The molecular formula is C21H29N5O. The van der Waals surface area contributed by atoms with Gasteiger partial charge in [0.05, 0.1) is 24.8 Å². The number of benzene rings is 1. The Morgan fingerprint density at radius 1 is 1.33 bits per heavy atom. The minimum Gasteiger partial charge on any atom is -0.373 e. The van der Waals surface area contributed by atoms with Crippen molar-refractivity contribution in [3.8, 4) is 0 Å². The first kappa shape index (κ1) is 18.0. The van der Waals surface area contributed by atoms with Crippen LogP contribution in [0.4, 0.5) is 0 Å². The Labute approximate surface area is 161 Å². The lowest BCUT2D eigenvalue weighted by atomic mass is 9.96. The van der Waals surface area contributed by atoms with Gasteiger partial charge in [-0.05, 0) is 44.2 Å². The largest absolute Gasteiger partial charge is 0.373 e. The molecule has 2 bridgehead atoms. The van der Waals surface area contributed by atoms with Gasteiger partial charge in [0.25, 0.3) is 0 Å². The van der Waals surface area contributed by atoms with E-state index >= 15 is 0 Å². The summed E-state index contributed by atoms with van der Waals surface area (Å²) in [6.45, 7) is 6.48. The summed E-state index contributed by atoms with van der Waals surface area (Å²) < 4.78 is 8.11. The molecule has 1 aromatic carbocycles. The number of hydrogen-bond donors (Lipinski definition) is 2. The summed E-state index contributed by atoms with van der Waals surface area (Å²) in [4.78, 5) is 9.10. The van der Waals surface area contributed by atoms with Crippen LogP contribution in [-0.4, -0.2) is 40.3 Å². The van der Waals surface area contributed by atoms with Crippen molar-refractivity contribution in [2.45, 2.75) is 64.4 Å². The van der Waals surface area contributed by atoms with Crippen molar-refractivity contribution in [2.75, 3.05) is 6.54 Å². The van der Waals surface area contributed by atoms with E-state index in [9.17, 15) is 0 Å². The zero-order valence-electron chi connectivity index (χ0n) is 16.2. The van der Waals surface area contributed by atoms with Gasteiger partial charge in [-0.25, -0.2) is 9.98 Å². The van der Waals surface area contributed by atoms with Crippen LogP contribution >= 0.6 is 0 Å². The molecule has 0 aliphatic carbocycles. The summed E-state index contributed by atoms with van der Waals surface area (Å²) in [6, 6.07) is 9.02. The Kier molecular flexibility index (Phi) is 5.43. The molecule has 1 aromatic heterocycles. The summed E-state index contributed by atoms with van der Waals surface area (Å²) in [5, 5.41) is 6.95. The number of imidazole rings is 1. The van der Waals surface area contributed by atoms with Crippen LogP contribution in [0.15, 0.2) is 41.7 Å². The summed E-state index contributed by atoms with van der Waals surface area (Å²) >= 11 is 0. The van der Waals surface area contributed by atoms with E-state index in [4.69, 9.17) is 9.73 Å². The molecule has 3 unspecified atom stereocenters. The van der Waals surface area contributed by atoms with Crippen molar-refractivity contribution in [1.29, 1.82) is 0 Å². The van der Waals surface area contributed by atoms with Crippen molar-refractivity contribution in [3.63, 3.8) is 0 Å². The average molecular weight is 367 g/mol. The van der Waals surface area contributed by atoms with Gasteiger partial charge in [0, 0.05) is 25.5 Å². The maximum atomic E-state index is 5.95. The summed E-state index contributed by atoms with van der Waals surface area (Å²) in [5.74, 6) is 1.92. The van der Waals surface area contributed by atoms with E-state index in [1.807, 2.05) is 19.3 Å². The fourth-order valence-corrected chi connectivity index (χ4v) is 4.05. The molecular weight excluding hydrogens is 338 g/mol. The SMILES string of the molecule is CCNC(=NCc1cccc(Cn2ccnc2C)c1)NC1CC2CCC1O2. The number of fused-ring (bicyclic) bond motifs is 2. The lowest BCUT2D eigenvalue weighted by Gasteiger charge is -2.22. The Balaban J connectivity index is 1.40. The van der Waals surface area contributed by atoms with Crippen LogP contribution in [0, 0.1) is 6.92 Å². The molecule has 6 nitrogen and oxygen atoms in total. The van der Waals surface area contributed by atoms with E-state index in [2.05, 4.69) is 51.4 Å². The second-order valence-corrected chi connectivity index (χ2v) is 7.48. The van der Waals surface area contributed by atoms with E-state index in [1.54, 1.807) is 0 Å². The first-order chi connectivity index (χ1) is 13.2. The lowest BCUT2D eigenvalue weighted by molar-refractivity contribution is 0.0992. The van der Waals surface area contributed by atoms with Crippen molar-refractivity contribution >= 4 is 5.96 Å². The summed E-state index contributed by atoms with van der Waals surface area (Å²) in [7, 11) is 0. The van der Waals surface area contributed by atoms with Gasteiger partial charge in [0.1, 0.15) is 5.82 Å². The fraction of sp³-hybridized carbons (Fsp3) is 0.524. The monoisotopic (exact) mass is 367 g/mol. The van der Waals surface area contributed by atoms with Gasteiger partial charge < -0.3 is 19.9 Å². The first-order valence-corrected chi connectivity index (χ1v) is 9.97. The van der Waals surface area contributed by atoms with Gasteiger partial charge in [-0.1, -0.05) is 24.3 Å². The number of aryl methyl sites for hydroxylation is 1. The third-order valence-electron chi connectivity index (χ3n) is 5.46. The molecule has 0 amide bonds. The van der Waals surface area contributed by atoms with Gasteiger partial charge in [-0.15, -0.1) is 0 Å². The average Bonchev–Trinajstić information content (AvgIpc) is 3.38. The fourth-order valence-electron chi connectivity index (χ4n) is 4.05. The Morgan fingerprint density at radius 3 is 2.93 bits per heavy atom. The number of ether oxygens (including phenoxy) is 1. The Bertz CT molecular complexity index is 799. The Morgan fingerprint density at radius 2 is 2.22 bits per heavy atom. The van der Waals surface area contributed by atoms with Gasteiger partial charge in [0.15, 0.2) is 5.96 Å². The normalized spacial score (nSPS) is 24.4. The Hall–Kier alpha value is -2.34. The number of aromatic nitrogens is 2. The maximum Gasteiger partial charge on any atom is 0.191 e. The minimum absolute atomic E-state index is 0.348. The standard InChI is InChI=1S/C21H29N5O/c1-3-22-21(25-19-12-18-7-8-20(19)27-18)24-13-16-5-4-6-17(11-16)14-26-10-9-23-15(26)2/h4-6,9-11,18-20H,3,7-8,12-14H2,1-2H3,(H2,22,24,25). The van der Waals surface area contributed by atoms with Crippen molar-refractivity contribution < 1.29 is 4.74 Å². The van der Waals surface area contributed by atoms with Crippen molar-refractivity contribution in [2.24, 2.45) is 4.99 Å². The van der Waals surface area contributed by atoms with Crippen molar-refractivity contribution in [3.05, 3.63) is 53.6 Å². The molecule has 2 fully saturated rings. The second-order valence-electron chi connectivity index (χ2n) is 7.48. The van der Waals surface area contributed by atoms with Gasteiger partial charge in [-0.3, -0.25) is 0 Å². The molecule has 27 heavy (non-hydrogen) atoms. The van der Waals surface area contributed by atoms with Crippen LogP contribution in [-0.2, 0) is 17.8 Å². The number of nitrogens with one attached hydrogen (secondary N) is 2. The highest BCUT2D eigenvalue weighted by atomic mass is 16.5. The molecule has 144 valence electrons. The zero-order chi connectivity index (χ0) is 18.6. The molecule has 0 spiro atoms. The van der Waals surface area contributed by atoms with Crippen LogP contribution in [0.3, 0.4) is 0 Å². The zero-order valence-corrected chi connectivity index (χ0v) is 16.2. The number of hydrogen-bond acceptors (Lipinski definition) is 3. The molecule has 3 heterocycles. The summed E-state index contributed by atoms with van der Waals surface area (Å²) in [6.07, 6.45) is 8.12. The van der Waals surface area contributed by atoms with E-state index in [-0.39, 0.29) is 0 Å². The minimum atomic E-state index is 0.348. The molecule has 0 saturated carbocycles. The van der Waals surface area contributed by atoms with Crippen molar-refractivity contribution in [1.82, 2.24) is 20.2 Å². The molecule has 2 saturated heterocycles. The number of nitrogens with zero attached hydrogens (tertiary/aromatic N) is 3. The van der Waals surface area contributed by atoms with Crippen LogP contribution in [0.2, 0.25) is 0 Å². The van der Waals surface area contributed by atoms with E-state index < -0.39 is 0 Å². The van der Waals surface area contributed by atoms with Gasteiger partial charge in [0.2, 0.25) is 0 Å². The maximum absolute atomic E-state index is 5.95. The quantitative estimate of drug-likeness (QED) is 0.609. The lowest BCUT2D eigenvalue weighted by Crippen LogP contribution is -2.47. The van der Waals surface area contributed by atoms with Crippen LogP contribution in [0.5, 0.6) is 0 Å². The molecule has 2 aromatic rings. The first-order valence-electron chi connectivity index (χ1n) is 9.97. The molecule has 3 atom stereocenters. The van der Waals surface area contributed by atoms with Crippen LogP contribution < -0.4 is 10.6 Å². The highest BCUT2D eigenvalue weighted by Crippen LogP contribution is 2.34. The third-order valence-corrected chi connectivity index (χ3v) is 5.46. The van der Waals surface area contributed by atoms with Crippen LogP contribution in [0.1, 0.15) is 43.1 Å². The highest BCUT2D eigenvalue weighted by Gasteiger charge is 2.41. The number of aliphatic imine (C=N–C) groups is 1. The smallest absolute Gasteiger partial charge is 0.191 e. The number of rotatable bonds is 6. The second kappa shape index (κ2) is 8.13. The third kappa shape index (κ3) is 4.33. The van der Waals surface area contributed by atoms with Gasteiger partial charge >= 0.3 is 0 Å². The molecule has 2 aliphatic rings. The molecule has 4 rings (SSSR count). The predicted molar refractivity (Wildman–Crippen MR) is 107 cm³/mol. The van der Waals surface area contributed by atoms with Crippen LogP contribution in [0.25, 0.3) is 0 Å². The predicted octanol–water partition coefficient (Wildman–Crippen LogP) is 2.61. The number of guanidine groups is 1. The van der Waals surface area contributed by atoms with E-state index in [1.165, 1.54) is 17.5 Å². The highest BCUT2D eigenvalue weighted by molar-refractivity contribution is 5.80. The molecule has 0 radical (unpaired) electrons. The topological polar surface area (TPSA) is 63.5 Å². The molecule has 6 heteroatoms. The molecule has 2 N–H and O–H groups in total. The van der Waals surface area contributed by atoms with E-state index in [0.29, 0.717) is 24.8 Å². The molecule has 2 aliphatic heterocycles.